The van der Waals surface area contributed by atoms with Gasteiger partial charge in [-0.1, -0.05) is 5.16 Å². The van der Waals surface area contributed by atoms with Crippen LogP contribution in [0.15, 0.2) is 16.8 Å². The molecule has 0 saturated carbocycles. The third kappa shape index (κ3) is 3.67. The molecule has 9 heteroatoms. The summed E-state index contributed by atoms with van der Waals surface area (Å²) in [6.07, 6.45) is 1.81. The third-order valence-electron chi connectivity index (χ3n) is 3.56. The van der Waals surface area contributed by atoms with Crippen LogP contribution in [0.1, 0.15) is 34.3 Å². The van der Waals surface area contributed by atoms with E-state index in [1.807, 2.05) is 20.8 Å². The Labute approximate surface area is 138 Å². The molecule has 24 heavy (non-hydrogen) atoms. The second kappa shape index (κ2) is 7.07. The minimum Gasteiger partial charge on any atom is -0.465 e. The third-order valence-corrected chi connectivity index (χ3v) is 3.56. The second-order valence-electron chi connectivity index (χ2n) is 5.39. The Morgan fingerprint density at radius 1 is 1.50 bits per heavy atom. The van der Waals surface area contributed by atoms with E-state index in [0.29, 0.717) is 12.2 Å². The number of ether oxygens (including phenoxy) is 1. The zero-order chi connectivity index (χ0) is 17.9. The normalized spacial score (nSPS) is 11.8. The quantitative estimate of drug-likeness (QED) is 0.486. The summed E-state index contributed by atoms with van der Waals surface area (Å²) in [5.74, 6) is 0.123. The molecule has 0 aliphatic carbocycles. The number of hydrogen-bond donors (Lipinski definition) is 1. The predicted molar refractivity (Wildman–Crippen MR) is 85.0 cm³/mol. The number of methoxy groups -OCH3 is 1. The van der Waals surface area contributed by atoms with Gasteiger partial charge < -0.3 is 14.6 Å². The highest BCUT2D eigenvalue weighted by Crippen LogP contribution is 2.25. The summed E-state index contributed by atoms with van der Waals surface area (Å²) in [4.78, 5) is 26.1. The molecule has 1 atom stereocenters. The molecule has 0 bridgehead atoms. The number of hydrogen-bond acceptors (Lipinski definition) is 8. The fourth-order valence-corrected chi connectivity index (χ4v) is 2.32. The van der Waals surface area contributed by atoms with Gasteiger partial charge in [-0.05, 0) is 27.2 Å². The molecular formula is C15H18N4O5. The fourth-order valence-electron chi connectivity index (χ4n) is 2.32. The maximum atomic E-state index is 11.5. The van der Waals surface area contributed by atoms with Crippen LogP contribution in [0.2, 0.25) is 0 Å². The van der Waals surface area contributed by atoms with Crippen molar-refractivity contribution in [3.8, 4) is 0 Å². The van der Waals surface area contributed by atoms with E-state index < -0.39 is 10.9 Å². The molecule has 0 saturated heterocycles. The van der Waals surface area contributed by atoms with Crippen molar-refractivity contribution in [3.63, 3.8) is 0 Å². The number of nitro groups is 1. The molecule has 0 aliphatic rings. The van der Waals surface area contributed by atoms with Crippen LogP contribution in [0, 0.1) is 24.0 Å². The van der Waals surface area contributed by atoms with Gasteiger partial charge in [0, 0.05) is 23.9 Å². The van der Waals surface area contributed by atoms with Crippen molar-refractivity contribution in [1.29, 1.82) is 0 Å². The van der Waals surface area contributed by atoms with Gasteiger partial charge in [0.15, 0.2) is 0 Å². The summed E-state index contributed by atoms with van der Waals surface area (Å²) < 4.78 is 9.66. The molecule has 2 aromatic heterocycles. The lowest BCUT2D eigenvalue weighted by Gasteiger charge is -2.14. The highest BCUT2D eigenvalue weighted by Gasteiger charge is 2.21. The predicted octanol–water partition coefficient (Wildman–Crippen LogP) is 2.42. The van der Waals surface area contributed by atoms with Gasteiger partial charge in [-0.25, -0.2) is 9.78 Å². The van der Waals surface area contributed by atoms with E-state index in [1.165, 1.54) is 13.3 Å². The Bertz CT molecular complexity index is 752. The van der Waals surface area contributed by atoms with Crippen molar-refractivity contribution in [3.05, 3.63) is 45.0 Å². The average molecular weight is 334 g/mol. The van der Waals surface area contributed by atoms with Crippen molar-refractivity contribution in [2.45, 2.75) is 33.2 Å². The molecule has 0 amide bonds. The number of aryl methyl sites for hydroxylation is 2. The van der Waals surface area contributed by atoms with E-state index in [9.17, 15) is 14.9 Å². The Morgan fingerprint density at radius 3 is 2.75 bits per heavy atom. The molecule has 0 radical (unpaired) electrons. The highest BCUT2D eigenvalue weighted by atomic mass is 16.6. The van der Waals surface area contributed by atoms with Gasteiger partial charge in [0.25, 0.3) is 0 Å². The lowest BCUT2D eigenvalue weighted by molar-refractivity contribution is -0.384. The molecule has 0 aromatic carbocycles. The van der Waals surface area contributed by atoms with Crippen molar-refractivity contribution in [2.75, 3.05) is 12.4 Å². The van der Waals surface area contributed by atoms with Crippen LogP contribution in [-0.2, 0) is 11.2 Å². The first-order valence-electron chi connectivity index (χ1n) is 7.24. The van der Waals surface area contributed by atoms with Gasteiger partial charge in [0.05, 0.1) is 23.3 Å². The second-order valence-corrected chi connectivity index (χ2v) is 5.39. The maximum Gasteiger partial charge on any atom is 0.339 e. The molecule has 2 heterocycles. The maximum absolute atomic E-state index is 11.5. The van der Waals surface area contributed by atoms with E-state index in [2.05, 4.69) is 20.2 Å². The lowest BCUT2D eigenvalue weighted by Crippen LogP contribution is -2.20. The van der Waals surface area contributed by atoms with Crippen LogP contribution in [0.25, 0.3) is 0 Å². The van der Waals surface area contributed by atoms with Crippen molar-refractivity contribution in [1.82, 2.24) is 10.1 Å². The Kier molecular flexibility index (Phi) is 5.12. The number of rotatable bonds is 6. The summed E-state index contributed by atoms with van der Waals surface area (Å²) in [5.41, 5.74) is 1.46. The summed E-state index contributed by atoms with van der Waals surface area (Å²) in [6, 6.07) is 0.987. The number of pyridine rings is 1. The highest BCUT2D eigenvalue weighted by molar-refractivity contribution is 5.90. The number of nitrogens with zero attached hydrogens (tertiary/aromatic N) is 3. The molecule has 1 unspecified atom stereocenters. The standard InChI is InChI=1S/C15H18N4O5/c1-8(5-12-9(2)18-24-10(12)3)17-14-13(19(21)22)6-11(7-16-14)15(20)23-4/h6-8H,5H2,1-4H3,(H,16,17). The first-order valence-corrected chi connectivity index (χ1v) is 7.24. The molecule has 0 aliphatic heterocycles. The van der Waals surface area contributed by atoms with E-state index in [0.717, 1.165) is 17.3 Å². The van der Waals surface area contributed by atoms with Gasteiger partial charge in [-0.15, -0.1) is 0 Å². The Balaban J connectivity index is 2.22. The van der Waals surface area contributed by atoms with Crippen LogP contribution in [0.3, 0.4) is 0 Å². The largest absolute Gasteiger partial charge is 0.465 e. The summed E-state index contributed by atoms with van der Waals surface area (Å²) in [7, 11) is 1.20. The van der Waals surface area contributed by atoms with Crippen molar-refractivity contribution >= 4 is 17.5 Å². The van der Waals surface area contributed by atoms with Gasteiger partial charge in [-0.3, -0.25) is 10.1 Å². The molecule has 1 N–H and O–H groups in total. The molecule has 9 nitrogen and oxygen atoms in total. The zero-order valence-electron chi connectivity index (χ0n) is 13.8. The minimum absolute atomic E-state index is 0.0214. The van der Waals surface area contributed by atoms with Gasteiger partial charge in [0.1, 0.15) is 5.76 Å². The first kappa shape index (κ1) is 17.4. The average Bonchev–Trinajstić information content (AvgIpc) is 2.86. The Morgan fingerprint density at radius 2 is 2.21 bits per heavy atom. The molecule has 2 aromatic rings. The number of carbonyl (C=O) groups is 1. The number of nitrogens with one attached hydrogen (secondary N) is 1. The van der Waals surface area contributed by atoms with E-state index >= 15 is 0 Å². The summed E-state index contributed by atoms with van der Waals surface area (Å²) >= 11 is 0. The van der Waals surface area contributed by atoms with Gasteiger partial charge in [-0.2, -0.15) is 0 Å². The number of anilines is 1. The first-order chi connectivity index (χ1) is 11.3. The molecular weight excluding hydrogens is 316 g/mol. The van der Waals surface area contributed by atoms with Crippen molar-refractivity contribution < 1.29 is 19.0 Å². The molecule has 0 spiro atoms. The topological polar surface area (TPSA) is 120 Å². The lowest BCUT2D eigenvalue weighted by atomic mass is 10.1. The molecule has 2 rings (SSSR count). The van der Waals surface area contributed by atoms with Crippen LogP contribution >= 0.6 is 0 Å². The van der Waals surface area contributed by atoms with E-state index in [4.69, 9.17) is 4.52 Å². The Hall–Kier alpha value is -2.97. The van der Waals surface area contributed by atoms with Crippen LogP contribution in [-0.4, -0.2) is 34.2 Å². The fraction of sp³-hybridized carbons (Fsp3) is 0.400. The smallest absolute Gasteiger partial charge is 0.339 e. The van der Waals surface area contributed by atoms with E-state index in [-0.39, 0.29) is 23.1 Å². The number of esters is 1. The molecule has 0 fully saturated rings. The summed E-state index contributed by atoms with van der Waals surface area (Å²) in [5, 5.41) is 18.1. The van der Waals surface area contributed by atoms with Gasteiger partial charge >= 0.3 is 11.7 Å². The number of aromatic nitrogens is 2. The zero-order valence-corrected chi connectivity index (χ0v) is 13.8. The summed E-state index contributed by atoms with van der Waals surface area (Å²) in [6.45, 7) is 5.52. The van der Waals surface area contributed by atoms with Crippen LogP contribution in [0.4, 0.5) is 11.5 Å². The van der Waals surface area contributed by atoms with E-state index in [1.54, 1.807) is 0 Å². The monoisotopic (exact) mass is 334 g/mol. The van der Waals surface area contributed by atoms with Gasteiger partial charge in [0.2, 0.25) is 5.82 Å². The number of carbonyl (C=O) groups excluding carboxylic acids is 1. The van der Waals surface area contributed by atoms with Crippen LogP contribution < -0.4 is 5.32 Å². The SMILES string of the molecule is COC(=O)c1cnc(NC(C)Cc2c(C)noc2C)c([N+](=O)[O-])c1. The molecule has 128 valence electrons. The van der Waals surface area contributed by atoms with Crippen molar-refractivity contribution in [2.24, 2.45) is 0 Å². The van der Waals surface area contributed by atoms with Crippen LogP contribution in [0.5, 0.6) is 0 Å². The minimum atomic E-state index is -0.680.